The van der Waals surface area contributed by atoms with Crippen LogP contribution >= 0.6 is 0 Å². The zero-order valence-corrected chi connectivity index (χ0v) is 10.5. The van der Waals surface area contributed by atoms with Crippen LogP contribution in [0.4, 0.5) is 0 Å². The Morgan fingerprint density at radius 3 is 3.11 bits per heavy atom. The summed E-state index contributed by atoms with van der Waals surface area (Å²) < 4.78 is 10.7. The Morgan fingerprint density at radius 2 is 2.39 bits per heavy atom. The summed E-state index contributed by atoms with van der Waals surface area (Å²) in [5.41, 5.74) is 0. The molecule has 3 heterocycles. The first kappa shape index (κ1) is 11.5. The van der Waals surface area contributed by atoms with Gasteiger partial charge in [0.1, 0.15) is 5.76 Å². The van der Waals surface area contributed by atoms with Crippen molar-refractivity contribution in [3.05, 3.63) is 23.7 Å². The highest BCUT2D eigenvalue weighted by Gasteiger charge is 2.18. The van der Waals surface area contributed by atoms with Gasteiger partial charge in [0, 0.05) is 6.42 Å². The molecule has 0 saturated carbocycles. The van der Waals surface area contributed by atoms with Crippen LogP contribution in [0.25, 0.3) is 11.7 Å². The number of aromatic nitrogens is 2. The third-order valence-corrected chi connectivity index (χ3v) is 3.29. The summed E-state index contributed by atoms with van der Waals surface area (Å²) >= 11 is 0. The van der Waals surface area contributed by atoms with Crippen molar-refractivity contribution in [2.45, 2.75) is 26.2 Å². The van der Waals surface area contributed by atoms with Crippen molar-refractivity contribution in [2.75, 3.05) is 13.1 Å². The fraction of sp³-hybridized carbons (Fsp3) is 0.538. The van der Waals surface area contributed by atoms with E-state index in [1.165, 1.54) is 12.8 Å². The Morgan fingerprint density at radius 1 is 1.44 bits per heavy atom. The Bertz CT molecular complexity index is 512. The van der Waals surface area contributed by atoms with Crippen LogP contribution in [-0.2, 0) is 6.42 Å². The van der Waals surface area contributed by atoms with E-state index in [2.05, 4.69) is 15.5 Å². The molecule has 0 radical (unpaired) electrons. The number of nitrogens with zero attached hydrogens (tertiary/aromatic N) is 2. The first-order chi connectivity index (χ1) is 8.81. The lowest BCUT2D eigenvalue weighted by atomic mass is 9.96. The summed E-state index contributed by atoms with van der Waals surface area (Å²) in [4.78, 5) is 4.39. The lowest BCUT2D eigenvalue weighted by Gasteiger charge is -2.20. The predicted octanol–water partition coefficient (Wildman–Crippen LogP) is 2.18. The second-order valence-electron chi connectivity index (χ2n) is 4.84. The van der Waals surface area contributed by atoms with Crippen molar-refractivity contribution in [1.82, 2.24) is 15.5 Å². The van der Waals surface area contributed by atoms with Crippen LogP contribution in [-0.4, -0.2) is 23.2 Å². The van der Waals surface area contributed by atoms with Crippen LogP contribution in [0.15, 0.2) is 21.1 Å². The van der Waals surface area contributed by atoms with Crippen molar-refractivity contribution >= 4 is 0 Å². The minimum Gasteiger partial charge on any atom is -0.456 e. The molecule has 0 amide bonds. The molecule has 5 nitrogen and oxygen atoms in total. The van der Waals surface area contributed by atoms with Gasteiger partial charge in [0.15, 0.2) is 11.6 Å². The fourth-order valence-corrected chi connectivity index (χ4v) is 2.34. The molecule has 1 aliphatic rings. The second-order valence-corrected chi connectivity index (χ2v) is 4.84. The molecule has 0 aromatic carbocycles. The van der Waals surface area contributed by atoms with Gasteiger partial charge in [0.05, 0.1) is 0 Å². The molecule has 3 rings (SSSR count). The molecule has 2 aromatic heterocycles. The van der Waals surface area contributed by atoms with Crippen molar-refractivity contribution in [2.24, 2.45) is 5.92 Å². The molecule has 0 bridgehead atoms. The standard InChI is InChI=1S/C13H17N3O2/c1-9-4-5-11(17-9)13-15-12(16-18-13)7-10-3-2-6-14-8-10/h4-5,10,14H,2-3,6-8H2,1H3. The summed E-state index contributed by atoms with van der Waals surface area (Å²) in [6.45, 7) is 4.07. The second kappa shape index (κ2) is 4.94. The third kappa shape index (κ3) is 2.46. The molecule has 18 heavy (non-hydrogen) atoms. The summed E-state index contributed by atoms with van der Waals surface area (Å²) in [6.07, 6.45) is 3.33. The fourth-order valence-electron chi connectivity index (χ4n) is 2.34. The monoisotopic (exact) mass is 247 g/mol. The Kier molecular flexibility index (Phi) is 3.15. The summed E-state index contributed by atoms with van der Waals surface area (Å²) in [7, 11) is 0. The molecule has 1 N–H and O–H groups in total. The molecule has 5 heteroatoms. The number of piperidine rings is 1. The topological polar surface area (TPSA) is 64.1 Å². The van der Waals surface area contributed by atoms with Gasteiger partial charge >= 0.3 is 0 Å². The van der Waals surface area contributed by atoms with E-state index in [4.69, 9.17) is 8.94 Å². The van der Waals surface area contributed by atoms with Crippen molar-refractivity contribution in [3.63, 3.8) is 0 Å². The maximum Gasteiger partial charge on any atom is 0.293 e. The van der Waals surface area contributed by atoms with Crippen LogP contribution < -0.4 is 5.32 Å². The van der Waals surface area contributed by atoms with Gasteiger partial charge in [-0.25, -0.2) is 0 Å². The molecule has 1 saturated heterocycles. The Hall–Kier alpha value is -1.62. The van der Waals surface area contributed by atoms with E-state index in [-0.39, 0.29) is 0 Å². The Balaban J connectivity index is 1.69. The largest absolute Gasteiger partial charge is 0.456 e. The zero-order valence-electron chi connectivity index (χ0n) is 10.5. The first-order valence-electron chi connectivity index (χ1n) is 6.41. The van der Waals surface area contributed by atoms with Crippen LogP contribution in [0, 0.1) is 12.8 Å². The van der Waals surface area contributed by atoms with E-state index in [1.807, 2.05) is 19.1 Å². The molecule has 1 atom stereocenters. The van der Waals surface area contributed by atoms with Crippen molar-refractivity contribution < 1.29 is 8.94 Å². The third-order valence-electron chi connectivity index (χ3n) is 3.29. The highest BCUT2D eigenvalue weighted by atomic mass is 16.5. The number of nitrogens with one attached hydrogen (secondary N) is 1. The van der Waals surface area contributed by atoms with E-state index in [1.54, 1.807) is 0 Å². The van der Waals surface area contributed by atoms with Crippen LogP contribution in [0.1, 0.15) is 24.4 Å². The van der Waals surface area contributed by atoms with E-state index in [9.17, 15) is 0 Å². The average molecular weight is 247 g/mol. The number of hydrogen-bond donors (Lipinski definition) is 1. The minimum absolute atomic E-state index is 0.474. The number of furan rings is 1. The maximum absolute atomic E-state index is 5.46. The molecule has 96 valence electrons. The molecular formula is C13H17N3O2. The lowest BCUT2D eigenvalue weighted by molar-refractivity contribution is 0.358. The summed E-state index contributed by atoms with van der Waals surface area (Å²) in [6, 6.07) is 3.75. The molecular weight excluding hydrogens is 230 g/mol. The van der Waals surface area contributed by atoms with Gasteiger partial charge in [0.25, 0.3) is 5.89 Å². The van der Waals surface area contributed by atoms with Gasteiger partial charge < -0.3 is 14.3 Å². The predicted molar refractivity (Wildman–Crippen MR) is 66.0 cm³/mol. The van der Waals surface area contributed by atoms with E-state index >= 15 is 0 Å². The molecule has 2 aromatic rings. The van der Waals surface area contributed by atoms with Gasteiger partial charge in [-0.3, -0.25) is 0 Å². The van der Waals surface area contributed by atoms with Gasteiger partial charge in [-0.15, -0.1) is 0 Å². The van der Waals surface area contributed by atoms with Gasteiger partial charge in [-0.2, -0.15) is 4.98 Å². The minimum atomic E-state index is 0.474. The van der Waals surface area contributed by atoms with E-state index < -0.39 is 0 Å². The number of hydrogen-bond acceptors (Lipinski definition) is 5. The number of aryl methyl sites for hydroxylation is 1. The first-order valence-corrected chi connectivity index (χ1v) is 6.41. The quantitative estimate of drug-likeness (QED) is 0.900. The summed E-state index contributed by atoms with van der Waals surface area (Å²) in [5, 5.41) is 7.41. The lowest BCUT2D eigenvalue weighted by Crippen LogP contribution is -2.31. The molecule has 0 aliphatic carbocycles. The summed E-state index contributed by atoms with van der Waals surface area (Å²) in [5.74, 6) is 3.35. The zero-order chi connectivity index (χ0) is 12.4. The van der Waals surface area contributed by atoms with E-state index in [0.717, 1.165) is 31.1 Å². The van der Waals surface area contributed by atoms with Gasteiger partial charge in [0.2, 0.25) is 0 Å². The van der Waals surface area contributed by atoms with Crippen LogP contribution in [0.5, 0.6) is 0 Å². The van der Waals surface area contributed by atoms with Crippen LogP contribution in [0.2, 0.25) is 0 Å². The number of rotatable bonds is 3. The van der Waals surface area contributed by atoms with E-state index in [0.29, 0.717) is 17.6 Å². The van der Waals surface area contributed by atoms with Crippen LogP contribution in [0.3, 0.4) is 0 Å². The highest BCUT2D eigenvalue weighted by Crippen LogP contribution is 2.21. The molecule has 1 fully saturated rings. The SMILES string of the molecule is Cc1ccc(-c2nc(CC3CCCNC3)no2)o1. The smallest absolute Gasteiger partial charge is 0.293 e. The van der Waals surface area contributed by atoms with Gasteiger partial charge in [-0.05, 0) is 50.9 Å². The Labute approximate surface area is 106 Å². The maximum atomic E-state index is 5.46. The molecule has 1 aliphatic heterocycles. The van der Waals surface area contributed by atoms with Gasteiger partial charge in [-0.1, -0.05) is 5.16 Å². The highest BCUT2D eigenvalue weighted by molar-refractivity contribution is 5.43. The van der Waals surface area contributed by atoms with Crippen molar-refractivity contribution in [3.8, 4) is 11.7 Å². The average Bonchev–Trinajstić information content (AvgIpc) is 2.99. The normalized spacial score (nSPS) is 20.2. The molecule has 1 unspecified atom stereocenters. The molecule has 0 spiro atoms. The van der Waals surface area contributed by atoms with Crippen molar-refractivity contribution in [1.29, 1.82) is 0 Å².